The van der Waals surface area contributed by atoms with E-state index < -0.39 is 0 Å². The molecule has 0 fully saturated rings. The Hall–Kier alpha value is -1.65. The standard InChI is InChI=1S/C12H9NO2S/c1-2-5-9(6-3-1)11-13-12(15-14-11)10-7-4-8-16-10/h1-8,11H. The van der Waals surface area contributed by atoms with E-state index >= 15 is 0 Å². The third-order valence-electron chi connectivity index (χ3n) is 2.27. The Balaban J connectivity index is 1.87. The molecule has 80 valence electrons. The van der Waals surface area contributed by atoms with Crippen molar-refractivity contribution in [3.05, 3.63) is 58.3 Å². The molecule has 1 aliphatic heterocycles. The number of hydrogen-bond donors (Lipinski definition) is 0. The first-order chi connectivity index (χ1) is 7.93. The molecule has 1 aliphatic rings. The van der Waals surface area contributed by atoms with Crippen LogP contribution in [0.3, 0.4) is 0 Å². The van der Waals surface area contributed by atoms with Gasteiger partial charge in [0.2, 0.25) is 6.23 Å². The maximum atomic E-state index is 5.18. The Bertz CT molecular complexity index is 493. The zero-order chi connectivity index (χ0) is 10.8. The van der Waals surface area contributed by atoms with Crippen LogP contribution in [0.25, 0.3) is 0 Å². The van der Waals surface area contributed by atoms with Gasteiger partial charge in [-0.2, -0.15) is 4.89 Å². The molecule has 0 N–H and O–H groups in total. The van der Waals surface area contributed by atoms with Crippen molar-refractivity contribution < 1.29 is 9.78 Å². The first-order valence-corrected chi connectivity index (χ1v) is 5.81. The average Bonchev–Trinajstić information content (AvgIpc) is 3.01. The molecule has 0 amide bonds. The SMILES string of the molecule is c1ccc(C2N=C(c3cccs3)OO2)cc1. The van der Waals surface area contributed by atoms with Gasteiger partial charge in [-0.25, -0.2) is 4.99 Å². The van der Waals surface area contributed by atoms with Crippen molar-refractivity contribution in [1.29, 1.82) is 0 Å². The summed E-state index contributed by atoms with van der Waals surface area (Å²) in [6, 6.07) is 13.7. The molecular formula is C12H9NO2S. The molecular weight excluding hydrogens is 222 g/mol. The van der Waals surface area contributed by atoms with Crippen molar-refractivity contribution >= 4 is 17.2 Å². The first-order valence-electron chi connectivity index (χ1n) is 4.93. The highest BCUT2D eigenvalue weighted by Gasteiger charge is 2.23. The van der Waals surface area contributed by atoms with E-state index in [1.807, 2.05) is 47.8 Å². The highest BCUT2D eigenvalue weighted by atomic mass is 32.1. The van der Waals surface area contributed by atoms with E-state index in [0.29, 0.717) is 5.90 Å². The minimum Gasteiger partial charge on any atom is -0.313 e. The zero-order valence-electron chi connectivity index (χ0n) is 8.37. The molecule has 0 saturated heterocycles. The van der Waals surface area contributed by atoms with E-state index in [2.05, 4.69) is 4.99 Å². The predicted octanol–water partition coefficient (Wildman–Crippen LogP) is 3.16. The Labute approximate surface area is 96.9 Å². The second kappa shape index (κ2) is 4.08. The minimum absolute atomic E-state index is 0.349. The normalized spacial score (nSPS) is 19.2. The Morgan fingerprint density at radius 1 is 1.06 bits per heavy atom. The molecule has 1 atom stereocenters. The van der Waals surface area contributed by atoms with Gasteiger partial charge in [0.05, 0.1) is 4.88 Å². The fourth-order valence-corrected chi connectivity index (χ4v) is 2.14. The van der Waals surface area contributed by atoms with Crippen LogP contribution in [0.2, 0.25) is 0 Å². The highest BCUT2D eigenvalue weighted by Crippen LogP contribution is 2.27. The van der Waals surface area contributed by atoms with Crippen molar-refractivity contribution in [3.63, 3.8) is 0 Å². The molecule has 4 heteroatoms. The second-order valence-electron chi connectivity index (χ2n) is 3.35. The first kappa shape index (κ1) is 9.57. The molecule has 0 saturated carbocycles. The molecule has 1 aromatic heterocycles. The van der Waals surface area contributed by atoms with Crippen molar-refractivity contribution in [1.82, 2.24) is 0 Å². The van der Waals surface area contributed by atoms with Crippen LogP contribution >= 0.6 is 11.3 Å². The van der Waals surface area contributed by atoms with E-state index in [1.165, 1.54) is 0 Å². The molecule has 3 nitrogen and oxygen atoms in total. The van der Waals surface area contributed by atoms with E-state index in [1.54, 1.807) is 11.3 Å². The van der Waals surface area contributed by atoms with Gasteiger partial charge in [-0.3, -0.25) is 0 Å². The van der Waals surface area contributed by atoms with Crippen LogP contribution in [0.4, 0.5) is 0 Å². The maximum Gasteiger partial charge on any atom is 0.272 e. The van der Waals surface area contributed by atoms with Gasteiger partial charge in [-0.15, -0.1) is 11.3 Å². The molecule has 2 aromatic rings. The summed E-state index contributed by atoms with van der Waals surface area (Å²) in [7, 11) is 0. The van der Waals surface area contributed by atoms with Crippen molar-refractivity contribution in [3.8, 4) is 0 Å². The molecule has 0 bridgehead atoms. The van der Waals surface area contributed by atoms with Crippen LogP contribution in [0.1, 0.15) is 16.7 Å². The van der Waals surface area contributed by atoms with Gasteiger partial charge < -0.3 is 4.89 Å². The van der Waals surface area contributed by atoms with Crippen LogP contribution in [0.5, 0.6) is 0 Å². The van der Waals surface area contributed by atoms with Crippen molar-refractivity contribution in [2.24, 2.45) is 4.99 Å². The van der Waals surface area contributed by atoms with Gasteiger partial charge in [0.1, 0.15) is 0 Å². The van der Waals surface area contributed by atoms with E-state index in [4.69, 9.17) is 9.78 Å². The molecule has 1 aromatic carbocycles. The van der Waals surface area contributed by atoms with Crippen molar-refractivity contribution in [2.75, 3.05) is 0 Å². The van der Waals surface area contributed by atoms with E-state index in [0.717, 1.165) is 10.4 Å². The molecule has 1 unspecified atom stereocenters. The van der Waals surface area contributed by atoms with Crippen molar-refractivity contribution in [2.45, 2.75) is 6.23 Å². The number of hydrogen-bond acceptors (Lipinski definition) is 4. The summed E-state index contributed by atoms with van der Waals surface area (Å²) in [4.78, 5) is 15.7. The van der Waals surface area contributed by atoms with Crippen LogP contribution < -0.4 is 0 Å². The second-order valence-corrected chi connectivity index (χ2v) is 4.30. The lowest BCUT2D eigenvalue weighted by Gasteiger charge is -2.02. The van der Waals surface area contributed by atoms with Gasteiger partial charge >= 0.3 is 0 Å². The number of rotatable bonds is 2. The van der Waals surface area contributed by atoms with Crippen LogP contribution in [0.15, 0.2) is 52.8 Å². The van der Waals surface area contributed by atoms with Gasteiger partial charge in [0, 0.05) is 5.56 Å². The van der Waals surface area contributed by atoms with Crippen LogP contribution in [-0.2, 0) is 9.78 Å². The minimum atomic E-state index is -0.349. The summed E-state index contributed by atoms with van der Waals surface area (Å²) >= 11 is 1.58. The largest absolute Gasteiger partial charge is 0.313 e. The van der Waals surface area contributed by atoms with Gasteiger partial charge in [-0.05, 0) is 11.4 Å². The van der Waals surface area contributed by atoms with Gasteiger partial charge in [0.15, 0.2) is 0 Å². The molecule has 0 spiro atoms. The fraction of sp³-hybridized carbons (Fsp3) is 0.0833. The number of nitrogens with zero attached hydrogens (tertiary/aromatic N) is 1. The Kier molecular flexibility index (Phi) is 2.44. The third-order valence-corrected chi connectivity index (χ3v) is 3.13. The number of thiophene rings is 1. The maximum absolute atomic E-state index is 5.18. The molecule has 3 rings (SSSR count). The lowest BCUT2D eigenvalue weighted by molar-refractivity contribution is -0.237. The number of benzene rings is 1. The monoisotopic (exact) mass is 231 g/mol. The lowest BCUT2D eigenvalue weighted by Crippen LogP contribution is -1.96. The number of aliphatic imine (C=N–C) groups is 1. The molecule has 16 heavy (non-hydrogen) atoms. The summed E-state index contributed by atoms with van der Waals surface area (Å²) in [6.45, 7) is 0. The molecule has 2 heterocycles. The zero-order valence-corrected chi connectivity index (χ0v) is 9.18. The van der Waals surface area contributed by atoms with E-state index in [-0.39, 0.29) is 6.23 Å². The summed E-state index contributed by atoms with van der Waals surface area (Å²) < 4.78 is 0. The van der Waals surface area contributed by atoms with Crippen LogP contribution in [-0.4, -0.2) is 5.90 Å². The van der Waals surface area contributed by atoms with Gasteiger partial charge in [0.25, 0.3) is 5.90 Å². The highest BCUT2D eigenvalue weighted by molar-refractivity contribution is 7.12. The average molecular weight is 231 g/mol. The molecule has 0 aliphatic carbocycles. The quantitative estimate of drug-likeness (QED) is 0.743. The van der Waals surface area contributed by atoms with Gasteiger partial charge in [-0.1, -0.05) is 36.4 Å². The molecule has 0 radical (unpaired) electrons. The summed E-state index contributed by atoms with van der Waals surface area (Å²) in [5.74, 6) is 0.559. The Morgan fingerprint density at radius 2 is 1.94 bits per heavy atom. The topological polar surface area (TPSA) is 30.8 Å². The van der Waals surface area contributed by atoms with E-state index in [9.17, 15) is 0 Å². The van der Waals surface area contributed by atoms with Crippen LogP contribution in [0, 0.1) is 0 Å². The summed E-state index contributed by atoms with van der Waals surface area (Å²) in [6.07, 6.45) is -0.349. The summed E-state index contributed by atoms with van der Waals surface area (Å²) in [5.41, 5.74) is 0.994. The summed E-state index contributed by atoms with van der Waals surface area (Å²) in [5, 5.41) is 1.98. The third kappa shape index (κ3) is 1.73. The smallest absolute Gasteiger partial charge is 0.272 e. The predicted molar refractivity (Wildman–Crippen MR) is 62.2 cm³/mol. The lowest BCUT2D eigenvalue weighted by atomic mass is 10.2. The Morgan fingerprint density at radius 3 is 2.69 bits per heavy atom. The fourth-order valence-electron chi connectivity index (χ4n) is 1.49.